The Kier molecular flexibility index (Phi) is 7.84. The number of likely N-dealkylation sites (tertiary alicyclic amines) is 1. The summed E-state index contributed by atoms with van der Waals surface area (Å²) in [4.78, 5) is 6.82. The molecule has 1 unspecified atom stereocenters. The Bertz CT molecular complexity index is 817. The molecule has 8 nitrogen and oxygen atoms in total. The SMILES string of the molecule is CN=C(NCc1cc(OC)c(OC)cc1OC)NCC(c1ccco1)N1CCCC1. The van der Waals surface area contributed by atoms with E-state index >= 15 is 0 Å². The first kappa shape index (κ1) is 21.8. The van der Waals surface area contributed by atoms with Crippen molar-refractivity contribution in [1.29, 1.82) is 0 Å². The zero-order valence-electron chi connectivity index (χ0n) is 18.2. The zero-order valence-corrected chi connectivity index (χ0v) is 18.2. The van der Waals surface area contributed by atoms with Crippen LogP contribution < -0.4 is 24.8 Å². The Morgan fingerprint density at radius 3 is 2.37 bits per heavy atom. The quantitative estimate of drug-likeness (QED) is 0.481. The molecule has 0 saturated carbocycles. The molecule has 2 heterocycles. The van der Waals surface area contributed by atoms with Crippen LogP contribution in [0.5, 0.6) is 17.2 Å². The maximum atomic E-state index is 5.70. The maximum absolute atomic E-state index is 5.70. The molecule has 0 bridgehead atoms. The first-order valence-electron chi connectivity index (χ1n) is 10.2. The molecule has 8 heteroatoms. The van der Waals surface area contributed by atoms with Gasteiger partial charge in [-0.25, -0.2) is 0 Å². The lowest BCUT2D eigenvalue weighted by molar-refractivity contribution is 0.215. The summed E-state index contributed by atoms with van der Waals surface area (Å²) in [6, 6.07) is 7.89. The molecule has 1 saturated heterocycles. The van der Waals surface area contributed by atoms with Gasteiger partial charge in [0.1, 0.15) is 11.5 Å². The van der Waals surface area contributed by atoms with Crippen LogP contribution >= 0.6 is 0 Å². The minimum absolute atomic E-state index is 0.177. The predicted molar refractivity (Wildman–Crippen MR) is 117 cm³/mol. The third-order valence-electron chi connectivity index (χ3n) is 5.37. The van der Waals surface area contributed by atoms with E-state index in [4.69, 9.17) is 18.6 Å². The summed E-state index contributed by atoms with van der Waals surface area (Å²) in [6.45, 7) is 3.40. The van der Waals surface area contributed by atoms with E-state index in [9.17, 15) is 0 Å². The van der Waals surface area contributed by atoms with Crippen molar-refractivity contribution < 1.29 is 18.6 Å². The van der Waals surface area contributed by atoms with Gasteiger partial charge in [0, 0.05) is 31.8 Å². The Balaban J connectivity index is 1.64. The second-order valence-electron chi connectivity index (χ2n) is 7.10. The number of rotatable bonds is 9. The summed E-state index contributed by atoms with van der Waals surface area (Å²) in [5.74, 6) is 3.70. The Morgan fingerprint density at radius 2 is 1.77 bits per heavy atom. The van der Waals surface area contributed by atoms with Crippen LogP contribution in [-0.2, 0) is 6.54 Å². The van der Waals surface area contributed by atoms with Gasteiger partial charge in [-0.05, 0) is 44.1 Å². The number of benzene rings is 1. The van der Waals surface area contributed by atoms with Gasteiger partial charge in [-0.1, -0.05) is 0 Å². The predicted octanol–water partition coefficient (Wildman–Crippen LogP) is 2.81. The normalized spacial score (nSPS) is 15.7. The minimum Gasteiger partial charge on any atom is -0.496 e. The summed E-state index contributed by atoms with van der Waals surface area (Å²) in [5.41, 5.74) is 0.945. The second kappa shape index (κ2) is 10.8. The van der Waals surface area contributed by atoms with Crippen molar-refractivity contribution in [2.75, 3.05) is 48.0 Å². The third kappa shape index (κ3) is 5.18. The maximum Gasteiger partial charge on any atom is 0.191 e. The van der Waals surface area contributed by atoms with E-state index < -0.39 is 0 Å². The van der Waals surface area contributed by atoms with E-state index in [-0.39, 0.29) is 6.04 Å². The van der Waals surface area contributed by atoms with E-state index in [1.165, 1.54) is 12.8 Å². The number of guanidine groups is 1. The molecule has 1 aromatic carbocycles. The number of furan rings is 1. The number of nitrogens with zero attached hydrogens (tertiary/aromatic N) is 2. The van der Waals surface area contributed by atoms with E-state index in [0.29, 0.717) is 30.5 Å². The number of hydrogen-bond acceptors (Lipinski definition) is 6. The highest BCUT2D eigenvalue weighted by atomic mass is 16.5. The summed E-state index contributed by atoms with van der Waals surface area (Å²) < 4.78 is 22.0. The Labute approximate surface area is 178 Å². The molecule has 0 spiro atoms. The molecule has 30 heavy (non-hydrogen) atoms. The molecule has 0 aliphatic carbocycles. The first-order valence-corrected chi connectivity index (χ1v) is 10.2. The van der Waals surface area contributed by atoms with Crippen LogP contribution in [-0.4, -0.2) is 58.9 Å². The molecule has 164 valence electrons. The van der Waals surface area contributed by atoms with Crippen molar-refractivity contribution >= 4 is 5.96 Å². The number of ether oxygens (including phenoxy) is 3. The highest BCUT2D eigenvalue weighted by Gasteiger charge is 2.25. The lowest BCUT2D eigenvalue weighted by atomic mass is 10.1. The van der Waals surface area contributed by atoms with Crippen LogP contribution in [0.3, 0.4) is 0 Å². The van der Waals surface area contributed by atoms with Crippen LogP contribution in [0.15, 0.2) is 39.9 Å². The fourth-order valence-electron chi connectivity index (χ4n) is 3.77. The Morgan fingerprint density at radius 1 is 1.07 bits per heavy atom. The van der Waals surface area contributed by atoms with Gasteiger partial charge in [-0.3, -0.25) is 9.89 Å². The molecular formula is C22H32N4O4. The summed E-state index contributed by atoms with van der Waals surface area (Å²) >= 11 is 0. The molecule has 0 radical (unpaired) electrons. The van der Waals surface area contributed by atoms with Gasteiger partial charge in [-0.2, -0.15) is 0 Å². The fourth-order valence-corrected chi connectivity index (χ4v) is 3.77. The molecular weight excluding hydrogens is 384 g/mol. The van der Waals surface area contributed by atoms with Crippen molar-refractivity contribution in [2.45, 2.75) is 25.4 Å². The van der Waals surface area contributed by atoms with Gasteiger partial charge in [0.2, 0.25) is 0 Å². The highest BCUT2D eigenvalue weighted by molar-refractivity contribution is 5.79. The molecule has 2 aromatic rings. The van der Waals surface area contributed by atoms with Gasteiger partial charge in [0.15, 0.2) is 17.5 Å². The van der Waals surface area contributed by atoms with Gasteiger partial charge >= 0.3 is 0 Å². The standard InChI is InChI=1S/C22H32N4O4/c1-23-22(24-14-16-12-20(28-3)21(29-4)13-19(16)27-2)25-15-17(18-8-7-11-30-18)26-9-5-6-10-26/h7-8,11-13,17H,5-6,9-10,14-15H2,1-4H3,(H2,23,24,25). The summed E-state index contributed by atoms with van der Waals surface area (Å²) in [6.07, 6.45) is 4.18. The molecule has 1 aliphatic heterocycles. The number of nitrogens with one attached hydrogen (secondary N) is 2. The van der Waals surface area contributed by atoms with Gasteiger partial charge < -0.3 is 29.3 Å². The molecule has 0 amide bonds. The number of aliphatic imine (C=N–C) groups is 1. The van der Waals surface area contributed by atoms with Crippen LogP contribution in [0.2, 0.25) is 0 Å². The summed E-state index contributed by atoms with van der Waals surface area (Å²) in [7, 11) is 6.63. The van der Waals surface area contributed by atoms with E-state index in [1.807, 2.05) is 24.3 Å². The van der Waals surface area contributed by atoms with Crippen molar-refractivity contribution in [1.82, 2.24) is 15.5 Å². The molecule has 1 aliphatic rings. The van der Waals surface area contributed by atoms with Gasteiger partial charge in [0.05, 0.1) is 33.6 Å². The van der Waals surface area contributed by atoms with Crippen molar-refractivity contribution in [3.63, 3.8) is 0 Å². The van der Waals surface area contributed by atoms with Crippen LogP contribution in [0, 0.1) is 0 Å². The molecule has 1 atom stereocenters. The lowest BCUT2D eigenvalue weighted by Crippen LogP contribution is -2.42. The molecule has 2 N–H and O–H groups in total. The molecule has 1 aromatic heterocycles. The smallest absolute Gasteiger partial charge is 0.191 e. The monoisotopic (exact) mass is 416 g/mol. The summed E-state index contributed by atoms with van der Waals surface area (Å²) in [5, 5.41) is 6.79. The van der Waals surface area contributed by atoms with Crippen molar-refractivity contribution in [2.24, 2.45) is 4.99 Å². The molecule has 1 fully saturated rings. The van der Waals surface area contributed by atoms with Gasteiger partial charge in [0.25, 0.3) is 0 Å². The van der Waals surface area contributed by atoms with E-state index in [0.717, 1.165) is 30.2 Å². The third-order valence-corrected chi connectivity index (χ3v) is 5.37. The van der Waals surface area contributed by atoms with Crippen LogP contribution in [0.4, 0.5) is 0 Å². The zero-order chi connectivity index (χ0) is 21.3. The largest absolute Gasteiger partial charge is 0.496 e. The fraction of sp³-hybridized carbons (Fsp3) is 0.500. The second-order valence-corrected chi connectivity index (χ2v) is 7.10. The number of hydrogen-bond donors (Lipinski definition) is 2. The van der Waals surface area contributed by atoms with Crippen molar-refractivity contribution in [3.05, 3.63) is 41.9 Å². The average Bonchev–Trinajstić information content (AvgIpc) is 3.50. The average molecular weight is 417 g/mol. The first-order chi connectivity index (χ1) is 14.7. The Hall–Kier alpha value is -2.87. The lowest BCUT2D eigenvalue weighted by Gasteiger charge is -2.26. The van der Waals surface area contributed by atoms with Gasteiger partial charge in [-0.15, -0.1) is 0 Å². The number of methoxy groups -OCH3 is 3. The molecule has 3 rings (SSSR count). The van der Waals surface area contributed by atoms with Crippen LogP contribution in [0.25, 0.3) is 0 Å². The minimum atomic E-state index is 0.177. The topological polar surface area (TPSA) is 80.5 Å². The highest BCUT2D eigenvalue weighted by Crippen LogP contribution is 2.34. The van der Waals surface area contributed by atoms with Crippen molar-refractivity contribution in [3.8, 4) is 17.2 Å². The van der Waals surface area contributed by atoms with E-state index in [1.54, 1.807) is 34.6 Å². The van der Waals surface area contributed by atoms with E-state index in [2.05, 4.69) is 20.5 Å². The van der Waals surface area contributed by atoms with Crippen LogP contribution in [0.1, 0.15) is 30.2 Å².